The van der Waals surface area contributed by atoms with Crippen molar-refractivity contribution in [1.29, 1.82) is 0 Å². The molecule has 0 saturated heterocycles. The Morgan fingerprint density at radius 1 is 1.41 bits per heavy atom. The van der Waals surface area contributed by atoms with Gasteiger partial charge in [0, 0.05) is 19.3 Å². The van der Waals surface area contributed by atoms with Crippen LogP contribution in [0.25, 0.3) is 0 Å². The van der Waals surface area contributed by atoms with Crippen LogP contribution in [-0.4, -0.2) is 16.0 Å². The van der Waals surface area contributed by atoms with Crippen molar-refractivity contribution in [2.45, 2.75) is 32.2 Å². The molecule has 94 valence electrons. The second-order valence-electron chi connectivity index (χ2n) is 4.18. The molecule has 1 rings (SSSR count). The molecule has 0 aliphatic rings. The van der Waals surface area contributed by atoms with E-state index in [0.29, 0.717) is 18.5 Å². The number of anilines is 1. The number of nitrogens with two attached hydrogens (primary N) is 1. The normalized spacial score (nSPS) is 11.3. The van der Waals surface area contributed by atoms with Crippen LogP contribution in [0.5, 0.6) is 0 Å². The fraction of sp³-hybridized carbons (Fsp3) is 0.500. The second-order valence-corrected chi connectivity index (χ2v) is 4.18. The molecule has 5 heteroatoms. The molecule has 17 heavy (non-hydrogen) atoms. The average Bonchev–Trinajstić information content (AvgIpc) is 2.32. The maximum atomic E-state index is 12.0. The van der Waals surface area contributed by atoms with Gasteiger partial charge in [0.15, 0.2) is 0 Å². The number of pyridine rings is 1. The summed E-state index contributed by atoms with van der Waals surface area (Å²) in [7, 11) is 1.63. The van der Waals surface area contributed by atoms with E-state index in [1.54, 1.807) is 19.3 Å². The Labute approximate surface area is 101 Å². The number of aromatic nitrogens is 1. The topological polar surface area (TPSA) is 77.1 Å². The third kappa shape index (κ3) is 2.94. The Hall–Kier alpha value is -1.62. The molecule has 1 heterocycles. The summed E-state index contributed by atoms with van der Waals surface area (Å²) >= 11 is 0. The lowest BCUT2D eigenvalue weighted by atomic mass is 9.93. The quantitative estimate of drug-likeness (QED) is 0.814. The first-order valence-corrected chi connectivity index (χ1v) is 5.70. The minimum atomic E-state index is -0.852. The van der Waals surface area contributed by atoms with Gasteiger partial charge in [-0.1, -0.05) is 13.8 Å². The summed E-state index contributed by atoms with van der Waals surface area (Å²) in [6.45, 7) is 3.76. The van der Waals surface area contributed by atoms with Gasteiger partial charge in [-0.25, -0.2) is 0 Å². The molecule has 0 aliphatic heterocycles. The summed E-state index contributed by atoms with van der Waals surface area (Å²) in [6.07, 6.45) is 2.72. The van der Waals surface area contributed by atoms with E-state index in [0.717, 1.165) is 0 Å². The Kier molecular flexibility index (Phi) is 4.07. The molecule has 1 aromatic rings. The van der Waals surface area contributed by atoms with Gasteiger partial charge in [-0.05, 0) is 18.9 Å². The lowest BCUT2D eigenvalue weighted by molar-refractivity contribution is -0.121. The monoisotopic (exact) mass is 237 g/mol. The van der Waals surface area contributed by atoms with Crippen LogP contribution in [0.1, 0.15) is 26.7 Å². The lowest BCUT2D eigenvalue weighted by Crippen LogP contribution is -2.50. The molecular weight excluding hydrogens is 218 g/mol. The molecule has 3 N–H and O–H groups in total. The number of aryl methyl sites for hydroxylation is 1. The van der Waals surface area contributed by atoms with Crippen LogP contribution in [-0.2, 0) is 11.8 Å². The fourth-order valence-corrected chi connectivity index (χ4v) is 1.49. The zero-order chi connectivity index (χ0) is 13.1. The fourth-order valence-electron chi connectivity index (χ4n) is 1.49. The largest absolute Gasteiger partial charge is 0.323 e. The van der Waals surface area contributed by atoms with Crippen molar-refractivity contribution in [3.63, 3.8) is 0 Å². The number of hydrogen-bond acceptors (Lipinski definition) is 3. The van der Waals surface area contributed by atoms with Gasteiger partial charge in [-0.2, -0.15) is 0 Å². The first-order chi connectivity index (χ1) is 7.92. The molecule has 0 bridgehead atoms. The van der Waals surface area contributed by atoms with E-state index in [1.807, 2.05) is 13.8 Å². The van der Waals surface area contributed by atoms with Crippen LogP contribution in [0.4, 0.5) is 5.69 Å². The van der Waals surface area contributed by atoms with Gasteiger partial charge in [-0.3, -0.25) is 9.59 Å². The van der Waals surface area contributed by atoms with E-state index in [-0.39, 0.29) is 11.5 Å². The molecule has 5 nitrogen and oxygen atoms in total. The number of hydrogen-bond donors (Lipinski definition) is 2. The summed E-state index contributed by atoms with van der Waals surface area (Å²) < 4.78 is 1.41. The van der Waals surface area contributed by atoms with Gasteiger partial charge >= 0.3 is 0 Å². The van der Waals surface area contributed by atoms with E-state index in [9.17, 15) is 9.59 Å². The maximum Gasteiger partial charge on any atom is 0.250 e. The minimum absolute atomic E-state index is 0.118. The van der Waals surface area contributed by atoms with Crippen LogP contribution in [0.15, 0.2) is 23.1 Å². The molecule has 0 atom stereocenters. The number of nitrogens with one attached hydrogen (secondary N) is 1. The summed E-state index contributed by atoms with van der Waals surface area (Å²) in [5.74, 6) is -0.221. The summed E-state index contributed by atoms with van der Waals surface area (Å²) in [5, 5.41) is 2.73. The molecule has 0 saturated carbocycles. The van der Waals surface area contributed by atoms with Crippen molar-refractivity contribution >= 4 is 11.6 Å². The third-order valence-corrected chi connectivity index (χ3v) is 3.06. The first-order valence-electron chi connectivity index (χ1n) is 5.70. The first kappa shape index (κ1) is 13.4. The summed E-state index contributed by atoms with van der Waals surface area (Å²) in [6, 6.07) is 2.98. The third-order valence-electron chi connectivity index (χ3n) is 3.06. The number of nitrogens with zero attached hydrogens (tertiary/aromatic N) is 1. The molecule has 0 spiro atoms. The zero-order valence-corrected chi connectivity index (χ0v) is 10.5. The van der Waals surface area contributed by atoms with E-state index in [2.05, 4.69) is 5.32 Å². The summed E-state index contributed by atoms with van der Waals surface area (Å²) in [5.41, 5.74) is 5.58. The van der Waals surface area contributed by atoms with E-state index < -0.39 is 5.54 Å². The molecule has 1 amide bonds. The van der Waals surface area contributed by atoms with Crippen molar-refractivity contribution in [1.82, 2.24) is 4.57 Å². The van der Waals surface area contributed by atoms with Crippen LogP contribution in [0.2, 0.25) is 0 Å². The van der Waals surface area contributed by atoms with Gasteiger partial charge < -0.3 is 15.6 Å². The van der Waals surface area contributed by atoms with Crippen LogP contribution >= 0.6 is 0 Å². The molecule has 0 unspecified atom stereocenters. The Balaban J connectivity index is 2.88. The molecule has 1 aromatic heterocycles. The van der Waals surface area contributed by atoms with Crippen LogP contribution in [0.3, 0.4) is 0 Å². The Morgan fingerprint density at radius 3 is 2.47 bits per heavy atom. The van der Waals surface area contributed by atoms with E-state index in [4.69, 9.17) is 5.73 Å². The van der Waals surface area contributed by atoms with Gasteiger partial charge in [0.25, 0.3) is 0 Å². The number of carbonyl (C=O) groups is 1. The van der Waals surface area contributed by atoms with Gasteiger partial charge in [0.2, 0.25) is 11.5 Å². The molecular formula is C12H19N3O2. The van der Waals surface area contributed by atoms with E-state index >= 15 is 0 Å². The highest BCUT2D eigenvalue weighted by molar-refractivity contribution is 5.97. The Morgan fingerprint density at radius 2 is 2.00 bits per heavy atom. The van der Waals surface area contributed by atoms with Crippen molar-refractivity contribution < 1.29 is 4.79 Å². The molecule has 0 radical (unpaired) electrons. The lowest BCUT2D eigenvalue weighted by Gasteiger charge is -2.25. The van der Waals surface area contributed by atoms with Crippen LogP contribution < -0.4 is 16.6 Å². The molecule has 0 aliphatic carbocycles. The number of amides is 1. The predicted octanol–water partition coefficient (Wildman–Crippen LogP) is 0.841. The standard InChI is InChI=1S/C12H19N3O2/c1-4-12(13,5-2)11(17)14-9-6-7-10(16)15(3)8-9/h6-8H,4-5,13H2,1-3H3,(H,14,17). The average molecular weight is 237 g/mol. The van der Waals surface area contributed by atoms with Crippen molar-refractivity contribution in [2.24, 2.45) is 12.8 Å². The van der Waals surface area contributed by atoms with Gasteiger partial charge in [-0.15, -0.1) is 0 Å². The molecule has 0 aromatic carbocycles. The van der Waals surface area contributed by atoms with Crippen molar-refractivity contribution in [3.8, 4) is 0 Å². The minimum Gasteiger partial charge on any atom is -0.323 e. The zero-order valence-electron chi connectivity index (χ0n) is 10.5. The van der Waals surface area contributed by atoms with Crippen molar-refractivity contribution in [3.05, 3.63) is 28.7 Å². The Bertz CT molecular complexity index is 461. The van der Waals surface area contributed by atoms with Gasteiger partial charge in [0.05, 0.1) is 11.2 Å². The smallest absolute Gasteiger partial charge is 0.250 e. The number of rotatable bonds is 4. The van der Waals surface area contributed by atoms with Gasteiger partial charge in [0.1, 0.15) is 0 Å². The highest BCUT2D eigenvalue weighted by atomic mass is 16.2. The van der Waals surface area contributed by atoms with Crippen LogP contribution in [0, 0.1) is 0 Å². The second kappa shape index (κ2) is 5.14. The maximum absolute atomic E-state index is 12.0. The van der Waals surface area contributed by atoms with E-state index in [1.165, 1.54) is 10.6 Å². The molecule has 0 fully saturated rings. The highest BCUT2D eigenvalue weighted by Gasteiger charge is 2.29. The number of carbonyl (C=O) groups excluding carboxylic acids is 1. The van der Waals surface area contributed by atoms with Crippen molar-refractivity contribution in [2.75, 3.05) is 5.32 Å². The summed E-state index contributed by atoms with van der Waals surface area (Å²) in [4.78, 5) is 23.2. The highest BCUT2D eigenvalue weighted by Crippen LogP contribution is 2.14. The SMILES string of the molecule is CCC(N)(CC)C(=O)Nc1ccc(=O)n(C)c1. The predicted molar refractivity (Wildman–Crippen MR) is 67.8 cm³/mol.